The minimum absolute atomic E-state index is 0.156. The monoisotopic (exact) mass is 394 g/mol. The second kappa shape index (κ2) is 7.83. The Kier molecular flexibility index (Phi) is 5.07. The number of benzene rings is 2. The van der Waals surface area contributed by atoms with Crippen LogP contribution < -0.4 is 25.2 Å². The first-order chi connectivity index (χ1) is 14.2. The van der Waals surface area contributed by atoms with Crippen molar-refractivity contribution in [2.45, 2.75) is 19.4 Å². The number of methoxy groups -OCH3 is 3. The third kappa shape index (κ3) is 3.26. The second-order valence-electron chi connectivity index (χ2n) is 6.57. The average molecular weight is 394 g/mol. The molecule has 1 aliphatic heterocycles. The lowest BCUT2D eigenvalue weighted by Crippen LogP contribution is -2.32. The topological polar surface area (TPSA) is 87.0 Å². The number of fused-ring (bicyclic) bond motifs is 2. The van der Waals surface area contributed by atoms with Crippen LogP contribution in [0.15, 0.2) is 46.3 Å². The molecular formula is C21H22N4O4. The maximum atomic E-state index is 13.2. The minimum Gasteiger partial charge on any atom is -0.493 e. The van der Waals surface area contributed by atoms with Gasteiger partial charge in [-0.1, -0.05) is 18.2 Å². The van der Waals surface area contributed by atoms with E-state index in [1.54, 1.807) is 10.6 Å². The van der Waals surface area contributed by atoms with Crippen molar-refractivity contribution in [2.75, 3.05) is 26.8 Å². The normalized spacial score (nSPS) is 14.5. The molecule has 1 aromatic heterocycles. The first-order valence-corrected chi connectivity index (χ1v) is 9.29. The minimum atomic E-state index is -0.156. The number of rotatable bonds is 5. The molecule has 0 spiro atoms. The summed E-state index contributed by atoms with van der Waals surface area (Å²) < 4.78 is 18.0. The third-order valence-electron chi connectivity index (χ3n) is 4.90. The van der Waals surface area contributed by atoms with Crippen molar-refractivity contribution in [2.24, 2.45) is 5.10 Å². The van der Waals surface area contributed by atoms with Crippen LogP contribution in [0.3, 0.4) is 0 Å². The summed E-state index contributed by atoms with van der Waals surface area (Å²) in [5, 5.41) is 4.94. The van der Waals surface area contributed by atoms with Crippen molar-refractivity contribution in [1.82, 2.24) is 9.55 Å². The van der Waals surface area contributed by atoms with E-state index in [1.807, 2.05) is 30.3 Å². The molecule has 0 saturated heterocycles. The summed E-state index contributed by atoms with van der Waals surface area (Å²) in [6.07, 6.45) is 1.52. The van der Waals surface area contributed by atoms with Gasteiger partial charge >= 0.3 is 0 Å². The molecule has 3 aromatic rings. The van der Waals surface area contributed by atoms with Crippen LogP contribution in [0.2, 0.25) is 0 Å². The van der Waals surface area contributed by atoms with Gasteiger partial charge in [-0.3, -0.25) is 14.8 Å². The zero-order valence-electron chi connectivity index (χ0n) is 16.6. The van der Waals surface area contributed by atoms with E-state index >= 15 is 0 Å². The zero-order chi connectivity index (χ0) is 20.4. The molecule has 150 valence electrons. The van der Waals surface area contributed by atoms with Gasteiger partial charge in [0.2, 0.25) is 5.75 Å². The van der Waals surface area contributed by atoms with Gasteiger partial charge in [-0.15, -0.1) is 0 Å². The van der Waals surface area contributed by atoms with E-state index in [4.69, 9.17) is 19.2 Å². The molecule has 0 unspecified atom stereocenters. The predicted octanol–water partition coefficient (Wildman–Crippen LogP) is 3.03. The van der Waals surface area contributed by atoms with Gasteiger partial charge in [0.15, 0.2) is 17.3 Å². The van der Waals surface area contributed by atoms with Gasteiger partial charge in [0.05, 0.1) is 32.4 Å². The molecule has 29 heavy (non-hydrogen) atoms. The molecule has 0 amide bonds. The highest BCUT2D eigenvalue weighted by atomic mass is 16.5. The number of para-hydroxylation sites is 1. The summed E-state index contributed by atoms with van der Waals surface area (Å²) in [7, 11) is 4.56. The van der Waals surface area contributed by atoms with E-state index in [0.717, 1.165) is 17.8 Å². The highest BCUT2D eigenvalue weighted by molar-refractivity contribution is 6.01. The fraction of sp³-hybridized carbons (Fsp3) is 0.286. The molecule has 0 fully saturated rings. The maximum absolute atomic E-state index is 13.2. The number of aromatic nitrogens is 2. The Balaban J connectivity index is 1.91. The molecule has 1 aliphatic rings. The summed E-state index contributed by atoms with van der Waals surface area (Å²) in [4.78, 5) is 18.0. The van der Waals surface area contributed by atoms with Gasteiger partial charge in [-0.05, 0) is 31.0 Å². The van der Waals surface area contributed by atoms with Crippen molar-refractivity contribution in [3.63, 3.8) is 0 Å². The van der Waals surface area contributed by atoms with Gasteiger partial charge in [0.1, 0.15) is 11.2 Å². The standard InChI is InChI=1S/C21H22N4O4/c1-27-16-12-14-17(19(29-3)18(16)28-2)22-20-15(10-7-11-25(20)21(14)26)24-23-13-8-5-4-6-9-13/h4-6,8-9,12,23H,7,10-11H2,1-3H3/b24-15-. The number of hydrazone groups is 1. The van der Waals surface area contributed by atoms with E-state index in [0.29, 0.717) is 46.9 Å². The first kappa shape index (κ1) is 18.8. The van der Waals surface area contributed by atoms with Crippen molar-refractivity contribution in [1.29, 1.82) is 0 Å². The van der Waals surface area contributed by atoms with E-state index in [9.17, 15) is 4.79 Å². The Hall–Kier alpha value is -3.55. The molecule has 8 heteroatoms. The number of nitrogens with zero attached hydrogens (tertiary/aromatic N) is 3. The van der Waals surface area contributed by atoms with Crippen molar-refractivity contribution >= 4 is 22.3 Å². The molecule has 0 radical (unpaired) electrons. The molecule has 2 heterocycles. The summed E-state index contributed by atoms with van der Waals surface area (Å²) in [6.45, 7) is 0.581. The van der Waals surface area contributed by atoms with Crippen LogP contribution in [0, 0.1) is 0 Å². The van der Waals surface area contributed by atoms with Crippen LogP contribution >= 0.6 is 0 Å². The molecule has 2 aromatic carbocycles. The molecule has 0 atom stereocenters. The molecule has 0 bridgehead atoms. The zero-order valence-corrected chi connectivity index (χ0v) is 16.6. The van der Waals surface area contributed by atoms with E-state index in [1.165, 1.54) is 21.3 Å². The van der Waals surface area contributed by atoms with Crippen LogP contribution in [0.5, 0.6) is 17.2 Å². The fourth-order valence-corrected chi connectivity index (χ4v) is 3.52. The average Bonchev–Trinajstić information content (AvgIpc) is 2.77. The number of nitrogens with one attached hydrogen (secondary N) is 1. The third-order valence-corrected chi connectivity index (χ3v) is 4.90. The Bertz CT molecular complexity index is 1140. The van der Waals surface area contributed by atoms with E-state index in [-0.39, 0.29) is 5.56 Å². The van der Waals surface area contributed by atoms with Crippen molar-refractivity contribution in [3.05, 3.63) is 52.6 Å². The van der Waals surface area contributed by atoms with E-state index < -0.39 is 0 Å². The van der Waals surface area contributed by atoms with Crippen LogP contribution in [-0.4, -0.2) is 36.6 Å². The second-order valence-corrected chi connectivity index (χ2v) is 6.57. The van der Waals surface area contributed by atoms with Crippen LogP contribution in [0.25, 0.3) is 10.9 Å². The fourth-order valence-electron chi connectivity index (χ4n) is 3.52. The number of hydrogen-bond acceptors (Lipinski definition) is 7. The first-order valence-electron chi connectivity index (χ1n) is 9.29. The van der Waals surface area contributed by atoms with Gasteiger partial charge in [-0.25, -0.2) is 4.98 Å². The summed E-state index contributed by atoms with van der Waals surface area (Å²) in [5.74, 6) is 1.72. The quantitative estimate of drug-likeness (QED) is 0.670. The largest absolute Gasteiger partial charge is 0.493 e. The molecule has 1 N–H and O–H groups in total. The number of hydrogen-bond donors (Lipinski definition) is 1. The Morgan fingerprint density at radius 2 is 1.83 bits per heavy atom. The Morgan fingerprint density at radius 3 is 2.52 bits per heavy atom. The maximum Gasteiger partial charge on any atom is 0.261 e. The van der Waals surface area contributed by atoms with Crippen LogP contribution in [0.1, 0.15) is 18.7 Å². The summed E-state index contributed by atoms with van der Waals surface area (Å²) in [6, 6.07) is 11.3. The molecule has 4 rings (SSSR count). The Labute approximate surface area is 167 Å². The Morgan fingerprint density at radius 1 is 1.07 bits per heavy atom. The lowest BCUT2D eigenvalue weighted by atomic mass is 10.1. The summed E-state index contributed by atoms with van der Waals surface area (Å²) >= 11 is 0. The summed E-state index contributed by atoms with van der Waals surface area (Å²) in [5.41, 5.74) is 4.90. The molecule has 0 aliphatic carbocycles. The number of anilines is 1. The van der Waals surface area contributed by atoms with Gasteiger partial charge < -0.3 is 14.2 Å². The smallest absolute Gasteiger partial charge is 0.261 e. The van der Waals surface area contributed by atoms with Gasteiger partial charge in [0.25, 0.3) is 5.56 Å². The molecule has 8 nitrogen and oxygen atoms in total. The van der Waals surface area contributed by atoms with Crippen molar-refractivity contribution in [3.8, 4) is 17.2 Å². The van der Waals surface area contributed by atoms with E-state index in [2.05, 4.69) is 10.5 Å². The van der Waals surface area contributed by atoms with Crippen molar-refractivity contribution < 1.29 is 14.2 Å². The lowest BCUT2D eigenvalue weighted by molar-refractivity contribution is 0.326. The van der Waals surface area contributed by atoms with Gasteiger partial charge in [-0.2, -0.15) is 5.10 Å². The number of ether oxygens (including phenoxy) is 3. The van der Waals surface area contributed by atoms with Crippen LogP contribution in [-0.2, 0) is 6.54 Å². The highest BCUT2D eigenvalue weighted by Crippen LogP contribution is 2.41. The molecular weight excluding hydrogens is 372 g/mol. The lowest BCUT2D eigenvalue weighted by Gasteiger charge is -2.21. The predicted molar refractivity (Wildman–Crippen MR) is 111 cm³/mol. The highest BCUT2D eigenvalue weighted by Gasteiger charge is 2.25. The molecule has 0 saturated carbocycles. The SMILES string of the molecule is COc1cc2c(=O)n3c(nc2c(OC)c1OC)/C(=N\Nc1ccccc1)CCC3. The van der Waals surface area contributed by atoms with Gasteiger partial charge in [0, 0.05) is 6.54 Å². The van der Waals surface area contributed by atoms with Crippen LogP contribution in [0.4, 0.5) is 5.69 Å².